The topological polar surface area (TPSA) is 24.9 Å². The van der Waals surface area contributed by atoms with E-state index >= 15 is 0 Å². The van der Waals surface area contributed by atoms with Crippen LogP contribution in [0.5, 0.6) is 0 Å². The van der Waals surface area contributed by atoms with E-state index in [4.69, 9.17) is 4.98 Å². The normalized spacial score (nSPS) is 19.6. The quantitative estimate of drug-likeness (QED) is 0.871. The van der Waals surface area contributed by atoms with Crippen molar-refractivity contribution in [3.05, 3.63) is 46.5 Å². The highest BCUT2D eigenvalue weighted by Crippen LogP contribution is 2.50. The number of hydrogen-bond acceptors (Lipinski definition) is 3. The highest BCUT2D eigenvalue weighted by molar-refractivity contribution is 7.15. The average molecular weight is 298 g/mol. The number of hydrogen-bond donors (Lipinski definition) is 1. The highest BCUT2D eigenvalue weighted by atomic mass is 32.1. The van der Waals surface area contributed by atoms with Crippen molar-refractivity contribution >= 4 is 16.5 Å². The smallest absolute Gasteiger partial charge is 0.183 e. The summed E-state index contributed by atoms with van der Waals surface area (Å²) in [5.41, 5.74) is 3.21. The molecule has 2 aromatic rings. The van der Waals surface area contributed by atoms with E-state index in [1.165, 1.54) is 56.2 Å². The number of nitrogens with zero attached hydrogens (tertiary/aromatic N) is 1. The minimum absolute atomic E-state index is 0.441. The molecule has 0 bridgehead atoms. The van der Waals surface area contributed by atoms with Gasteiger partial charge in [0.2, 0.25) is 0 Å². The standard InChI is InChI=1S/C18H22N2S/c1-3-7-14(8-4-1)13-19-17-20-16-15(21-17)9-12-18(16)10-5-2-6-11-18/h1,3-4,7-8H,2,5-6,9-13H2,(H,19,20). The zero-order valence-corrected chi connectivity index (χ0v) is 13.2. The molecule has 1 aromatic heterocycles. The van der Waals surface area contributed by atoms with E-state index < -0.39 is 0 Å². The van der Waals surface area contributed by atoms with Gasteiger partial charge in [-0.3, -0.25) is 0 Å². The second-order valence-corrected chi connectivity index (χ2v) is 7.55. The maximum Gasteiger partial charge on any atom is 0.183 e. The van der Waals surface area contributed by atoms with Crippen molar-refractivity contribution in [2.45, 2.75) is 56.9 Å². The van der Waals surface area contributed by atoms with Crippen LogP contribution in [0.3, 0.4) is 0 Å². The first-order valence-corrected chi connectivity index (χ1v) is 8.95. The molecule has 1 spiro atoms. The molecule has 1 fully saturated rings. The van der Waals surface area contributed by atoms with Crippen molar-refractivity contribution < 1.29 is 0 Å². The zero-order valence-electron chi connectivity index (χ0n) is 12.4. The van der Waals surface area contributed by atoms with Crippen molar-refractivity contribution in [1.29, 1.82) is 0 Å². The molecule has 1 saturated carbocycles. The molecular weight excluding hydrogens is 276 g/mol. The number of benzene rings is 1. The van der Waals surface area contributed by atoms with Gasteiger partial charge in [0, 0.05) is 16.8 Å². The number of nitrogens with one attached hydrogen (secondary N) is 1. The van der Waals surface area contributed by atoms with Crippen LogP contribution in [-0.4, -0.2) is 4.98 Å². The number of thiazole rings is 1. The third kappa shape index (κ3) is 2.48. The first kappa shape index (κ1) is 13.3. The van der Waals surface area contributed by atoms with Gasteiger partial charge in [0.25, 0.3) is 0 Å². The molecule has 0 amide bonds. The maximum absolute atomic E-state index is 4.99. The van der Waals surface area contributed by atoms with Crippen molar-refractivity contribution in [1.82, 2.24) is 4.98 Å². The lowest BCUT2D eigenvalue weighted by Crippen LogP contribution is -2.26. The van der Waals surface area contributed by atoms with Crippen LogP contribution in [0.2, 0.25) is 0 Å². The highest BCUT2D eigenvalue weighted by Gasteiger charge is 2.42. The summed E-state index contributed by atoms with van der Waals surface area (Å²) in [4.78, 5) is 6.54. The lowest BCUT2D eigenvalue weighted by molar-refractivity contribution is 0.286. The van der Waals surface area contributed by atoms with Gasteiger partial charge in [-0.2, -0.15) is 0 Å². The van der Waals surface area contributed by atoms with E-state index in [-0.39, 0.29) is 0 Å². The molecule has 4 rings (SSSR count). The third-order valence-corrected chi connectivity index (χ3v) is 6.20. The van der Waals surface area contributed by atoms with E-state index in [0.717, 1.165) is 11.7 Å². The second kappa shape index (κ2) is 5.45. The molecule has 2 aliphatic carbocycles. The molecule has 0 atom stereocenters. The molecule has 2 aliphatic rings. The van der Waals surface area contributed by atoms with Gasteiger partial charge in [0.15, 0.2) is 5.13 Å². The van der Waals surface area contributed by atoms with Crippen LogP contribution in [0.1, 0.15) is 54.7 Å². The lowest BCUT2D eigenvalue weighted by atomic mass is 9.72. The number of aromatic nitrogens is 1. The van der Waals surface area contributed by atoms with Crippen LogP contribution >= 0.6 is 11.3 Å². The Morgan fingerprint density at radius 1 is 1.05 bits per heavy atom. The number of aryl methyl sites for hydroxylation is 1. The molecule has 2 nitrogen and oxygen atoms in total. The van der Waals surface area contributed by atoms with Gasteiger partial charge >= 0.3 is 0 Å². The van der Waals surface area contributed by atoms with E-state index in [9.17, 15) is 0 Å². The molecule has 0 saturated heterocycles. The number of anilines is 1. The van der Waals surface area contributed by atoms with Crippen molar-refractivity contribution in [2.75, 3.05) is 5.32 Å². The third-order valence-electron chi connectivity index (χ3n) is 5.13. The van der Waals surface area contributed by atoms with E-state index in [1.54, 1.807) is 4.88 Å². The van der Waals surface area contributed by atoms with Crippen molar-refractivity contribution in [3.63, 3.8) is 0 Å². The summed E-state index contributed by atoms with van der Waals surface area (Å²) in [5, 5.41) is 4.64. The largest absolute Gasteiger partial charge is 0.357 e. The first-order valence-electron chi connectivity index (χ1n) is 8.14. The van der Waals surface area contributed by atoms with Gasteiger partial charge in [0.1, 0.15) is 0 Å². The van der Waals surface area contributed by atoms with Gasteiger partial charge in [-0.25, -0.2) is 4.98 Å². The van der Waals surface area contributed by atoms with Crippen LogP contribution in [0, 0.1) is 0 Å². The molecule has 3 heteroatoms. The summed E-state index contributed by atoms with van der Waals surface area (Å²) in [7, 11) is 0. The Labute approximate surface area is 130 Å². The Balaban J connectivity index is 1.51. The zero-order chi connectivity index (χ0) is 14.1. The van der Waals surface area contributed by atoms with Gasteiger partial charge in [-0.05, 0) is 31.2 Å². The fraction of sp³-hybridized carbons (Fsp3) is 0.500. The lowest BCUT2D eigenvalue weighted by Gasteiger charge is -2.32. The first-order chi connectivity index (χ1) is 10.4. The molecular formula is C18H22N2S. The molecule has 0 aliphatic heterocycles. The number of rotatable bonds is 3. The van der Waals surface area contributed by atoms with Gasteiger partial charge in [-0.1, -0.05) is 49.6 Å². The molecule has 110 valence electrons. The molecule has 21 heavy (non-hydrogen) atoms. The molecule has 0 unspecified atom stereocenters. The van der Waals surface area contributed by atoms with Crippen LogP contribution in [0.15, 0.2) is 30.3 Å². The minimum Gasteiger partial charge on any atom is -0.357 e. The predicted octanol–water partition coefficient (Wildman–Crippen LogP) is 4.90. The minimum atomic E-state index is 0.441. The molecule has 0 radical (unpaired) electrons. The van der Waals surface area contributed by atoms with Crippen LogP contribution in [0.4, 0.5) is 5.13 Å². The Hall–Kier alpha value is -1.35. The Bertz CT molecular complexity index is 611. The van der Waals surface area contributed by atoms with Crippen molar-refractivity contribution in [3.8, 4) is 0 Å². The van der Waals surface area contributed by atoms with Gasteiger partial charge < -0.3 is 5.32 Å². The van der Waals surface area contributed by atoms with Crippen molar-refractivity contribution in [2.24, 2.45) is 0 Å². The Kier molecular flexibility index (Phi) is 3.46. The second-order valence-electron chi connectivity index (χ2n) is 6.47. The average Bonchev–Trinajstić information content (AvgIpc) is 3.09. The summed E-state index contributed by atoms with van der Waals surface area (Å²) in [6, 6.07) is 10.6. The summed E-state index contributed by atoms with van der Waals surface area (Å²) in [6.07, 6.45) is 9.53. The van der Waals surface area contributed by atoms with Crippen LogP contribution in [-0.2, 0) is 18.4 Å². The van der Waals surface area contributed by atoms with E-state index in [2.05, 4.69) is 35.6 Å². The SMILES string of the molecule is c1ccc(CNc2nc3c(s2)CCC32CCCCC2)cc1. The van der Waals surface area contributed by atoms with Crippen LogP contribution in [0.25, 0.3) is 0 Å². The fourth-order valence-electron chi connectivity index (χ4n) is 3.97. The summed E-state index contributed by atoms with van der Waals surface area (Å²) >= 11 is 1.89. The van der Waals surface area contributed by atoms with Crippen LogP contribution < -0.4 is 5.32 Å². The Morgan fingerprint density at radius 3 is 2.67 bits per heavy atom. The summed E-state index contributed by atoms with van der Waals surface area (Å²) < 4.78 is 0. The summed E-state index contributed by atoms with van der Waals surface area (Å²) in [5.74, 6) is 0. The summed E-state index contributed by atoms with van der Waals surface area (Å²) in [6.45, 7) is 0.875. The molecule has 1 aromatic carbocycles. The molecule has 1 heterocycles. The van der Waals surface area contributed by atoms with Gasteiger partial charge in [-0.15, -0.1) is 11.3 Å². The predicted molar refractivity (Wildman–Crippen MR) is 89.0 cm³/mol. The number of fused-ring (bicyclic) bond motifs is 2. The monoisotopic (exact) mass is 298 g/mol. The van der Waals surface area contributed by atoms with Gasteiger partial charge in [0.05, 0.1) is 5.69 Å². The molecule has 1 N–H and O–H groups in total. The van der Waals surface area contributed by atoms with E-state index in [0.29, 0.717) is 5.41 Å². The maximum atomic E-state index is 4.99. The van der Waals surface area contributed by atoms with E-state index in [1.807, 2.05) is 11.3 Å². The fourth-order valence-corrected chi connectivity index (χ4v) is 5.05. The Morgan fingerprint density at radius 2 is 1.86 bits per heavy atom.